The highest BCUT2D eigenvalue weighted by Gasteiger charge is 2.25. The Balaban J connectivity index is 1.59. The van der Waals surface area contributed by atoms with Crippen molar-refractivity contribution in [3.8, 4) is 0 Å². The van der Waals surface area contributed by atoms with Crippen molar-refractivity contribution in [3.63, 3.8) is 0 Å². The molecule has 2 aromatic rings. The van der Waals surface area contributed by atoms with E-state index in [0.717, 1.165) is 31.6 Å². The van der Waals surface area contributed by atoms with Crippen molar-refractivity contribution < 1.29 is 14.5 Å². The molecule has 0 aromatic heterocycles. The highest BCUT2D eigenvalue weighted by atomic mass is 16.2. The van der Waals surface area contributed by atoms with Crippen LogP contribution in [0.1, 0.15) is 35.7 Å². The molecule has 0 heterocycles. The zero-order chi connectivity index (χ0) is 20.8. The first-order valence-electron chi connectivity index (χ1n) is 10.3. The van der Waals surface area contributed by atoms with Gasteiger partial charge in [-0.05, 0) is 44.0 Å². The summed E-state index contributed by atoms with van der Waals surface area (Å²) in [6.45, 7) is 4.05. The number of amides is 2. The van der Waals surface area contributed by atoms with Gasteiger partial charge < -0.3 is 20.4 Å². The quantitative estimate of drug-likeness (QED) is 0.605. The summed E-state index contributed by atoms with van der Waals surface area (Å²) in [5.41, 5.74) is 3.45. The molecule has 0 aliphatic heterocycles. The molecule has 1 saturated carbocycles. The van der Waals surface area contributed by atoms with Gasteiger partial charge in [0.15, 0.2) is 6.54 Å². The second-order valence-corrected chi connectivity index (χ2v) is 7.86. The van der Waals surface area contributed by atoms with Gasteiger partial charge in [-0.15, -0.1) is 0 Å². The van der Waals surface area contributed by atoms with Gasteiger partial charge >= 0.3 is 0 Å². The summed E-state index contributed by atoms with van der Waals surface area (Å²) in [6, 6.07) is 15.9. The van der Waals surface area contributed by atoms with E-state index in [4.69, 9.17) is 0 Å². The van der Waals surface area contributed by atoms with E-state index in [1.165, 1.54) is 10.5 Å². The van der Waals surface area contributed by atoms with Crippen molar-refractivity contribution in [1.29, 1.82) is 0 Å². The van der Waals surface area contributed by atoms with Crippen LogP contribution in [0.15, 0.2) is 48.5 Å². The van der Waals surface area contributed by atoms with Crippen LogP contribution in [0.2, 0.25) is 0 Å². The molecule has 2 aromatic carbocycles. The Bertz CT molecular complexity index is 844. The normalized spacial score (nSPS) is 14.2. The van der Waals surface area contributed by atoms with E-state index in [9.17, 15) is 9.59 Å². The van der Waals surface area contributed by atoms with Gasteiger partial charge in [0, 0.05) is 31.4 Å². The second kappa shape index (κ2) is 9.56. The van der Waals surface area contributed by atoms with Crippen LogP contribution in [0.4, 0.5) is 11.4 Å². The molecular formula is C23H31N4O2+. The molecule has 0 saturated heterocycles. The Kier molecular flexibility index (Phi) is 6.88. The zero-order valence-electron chi connectivity index (χ0n) is 17.5. The molecule has 0 spiro atoms. The Morgan fingerprint density at radius 2 is 1.76 bits per heavy atom. The highest BCUT2D eigenvalue weighted by Crippen LogP contribution is 2.21. The summed E-state index contributed by atoms with van der Waals surface area (Å²) in [4.78, 5) is 28.3. The van der Waals surface area contributed by atoms with Gasteiger partial charge in [0.25, 0.3) is 11.8 Å². The molecule has 1 unspecified atom stereocenters. The smallest absolute Gasteiger partial charge is 0.279 e. The molecule has 154 valence electrons. The lowest BCUT2D eigenvalue weighted by molar-refractivity contribution is -0.903. The van der Waals surface area contributed by atoms with Crippen LogP contribution in [0.25, 0.3) is 0 Å². The van der Waals surface area contributed by atoms with Crippen molar-refractivity contribution in [1.82, 2.24) is 5.32 Å². The summed E-state index contributed by atoms with van der Waals surface area (Å²) < 4.78 is 0. The molecule has 3 N–H and O–H groups in total. The molecule has 6 nitrogen and oxygen atoms in total. The molecule has 1 aliphatic rings. The first kappa shape index (κ1) is 20.9. The van der Waals surface area contributed by atoms with Crippen LogP contribution >= 0.6 is 0 Å². The lowest BCUT2D eigenvalue weighted by atomic mass is 10.1. The molecule has 1 fully saturated rings. The van der Waals surface area contributed by atoms with Crippen LogP contribution in [0.3, 0.4) is 0 Å². The zero-order valence-corrected chi connectivity index (χ0v) is 17.5. The predicted molar refractivity (Wildman–Crippen MR) is 116 cm³/mol. The van der Waals surface area contributed by atoms with E-state index < -0.39 is 0 Å². The summed E-state index contributed by atoms with van der Waals surface area (Å²) in [6.07, 6.45) is 2.06. The summed E-state index contributed by atoms with van der Waals surface area (Å²) in [7, 11) is 4.04. The average Bonchev–Trinajstić information content (AvgIpc) is 3.52. The minimum Gasteiger partial charge on any atom is -0.378 e. The fourth-order valence-corrected chi connectivity index (χ4v) is 3.22. The summed E-state index contributed by atoms with van der Waals surface area (Å²) in [5.74, 6) is -0.206. The van der Waals surface area contributed by atoms with Crippen molar-refractivity contribution in [3.05, 3.63) is 59.7 Å². The molecule has 1 aliphatic carbocycles. The van der Waals surface area contributed by atoms with Crippen LogP contribution in [0.5, 0.6) is 0 Å². The van der Waals surface area contributed by atoms with Crippen LogP contribution in [-0.2, 0) is 11.3 Å². The number of likely N-dealkylation sites (N-methyl/N-ethyl adjacent to an activating group) is 1. The number of benzene rings is 2. The maximum atomic E-state index is 12.7. The number of nitrogens with zero attached hydrogens (tertiary/aromatic N) is 1. The van der Waals surface area contributed by atoms with E-state index in [1.807, 2.05) is 26.2 Å². The molecule has 0 radical (unpaired) electrons. The highest BCUT2D eigenvalue weighted by molar-refractivity contribution is 6.04. The molecule has 29 heavy (non-hydrogen) atoms. The number of carbonyl (C=O) groups is 2. The van der Waals surface area contributed by atoms with Crippen LogP contribution < -0.4 is 20.4 Å². The van der Waals surface area contributed by atoms with E-state index in [0.29, 0.717) is 17.8 Å². The van der Waals surface area contributed by atoms with Crippen molar-refractivity contribution >= 4 is 23.2 Å². The summed E-state index contributed by atoms with van der Waals surface area (Å²) in [5, 5.41) is 5.91. The second-order valence-electron chi connectivity index (χ2n) is 7.86. The van der Waals surface area contributed by atoms with Gasteiger partial charge in [0.05, 0.1) is 17.8 Å². The third kappa shape index (κ3) is 6.06. The predicted octanol–water partition coefficient (Wildman–Crippen LogP) is 1.69. The number of carbonyl (C=O) groups excluding carboxylic acids is 2. The largest absolute Gasteiger partial charge is 0.378 e. The number of hydrogen-bond acceptors (Lipinski definition) is 3. The van der Waals surface area contributed by atoms with Crippen molar-refractivity contribution in [2.75, 3.05) is 37.4 Å². The maximum absolute atomic E-state index is 12.7. The van der Waals surface area contributed by atoms with Gasteiger partial charge in [0.1, 0.15) is 6.54 Å². The van der Waals surface area contributed by atoms with Crippen LogP contribution in [0, 0.1) is 0 Å². The number of quaternary nitrogens is 1. The Morgan fingerprint density at radius 3 is 2.38 bits per heavy atom. The van der Waals surface area contributed by atoms with E-state index in [2.05, 4.69) is 46.7 Å². The van der Waals surface area contributed by atoms with Gasteiger partial charge in [-0.3, -0.25) is 9.59 Å². The van der Waals surface area contributed by atoms with Gasteiger partial charge in [-0.25, -0.2) is 0 Å². The van der Waals surface area contributed by atoms with Gasteiger partial charge in [0.2, 0.25) is 0 Å². The number of hydrogen-bond donors (Lipinski definition) is 3. The molecule has 3 rings (SSSR count). The Morgan fingerprint density at radius 1 is 1.07 bits per heavy atom. The minimum atomic E-state index is -0.121. The summed E-state index contributed by atoms with van der Waals surface area (Å²) >= 11 is 0. The first-order valence-corrected chi connectivity index (χ1v) is 10.3. The molecule has 1 atom stereocenters. The van der Waals surface area contributed by atoms with E-state index in [-0.39, 0.29) is 17.9 Å². The average molecular weight is 396 g/mol. The van der Waals surface area contributed by atoms with Crippen molar-refractivity contribution in [2.24, 2.45) is 0 Å². The SMILES string of the molecule is CC[NH+](CC(=O)Nc1ccccc1C(=O)NC1CC1)Cc1ccc(N(C)C)cc1. The van der Waals surface area contributed by atoms with Gasteiger partial charge in [-0.1, -0.05) is 24.3 Å². The number of rotatable bonds is 9. The van der Waals surface area contributed by atoms with Gasteiger partial charge in [-0.2, -0.15) is 0 Å². The standard InChI is InChI=1S/C23H30N4O2/c1-4-27(15-17-9-13-19(14-10-17)26(2)3)16-22(28)25-21-8-6-5-7-20(21)23(29)24-18-11-12-18/h5-10,13-14,18H,4,11-12,15-16H2,1-3H3,(H,24,29)(H,25,28)/p+1. The lowest BCUT2D eigenvalue weighted by Gasteiger charge is -2.19. The molecule has 2 amide bonds. The number of para-hydroxylation sites is 1. The molecule has 6 heteroatoms. The lowest BCUT2D eigenvalue weighted by Crippen LogP contribution is -3.11. The topological polar surface area (TPSA) is 65.9 Å². The van der Waals surface area contributed by atoms with E-state index >= 15 is 0 Å². The molecule has 0 bridgehead atoms. The first-order chi connectivity index (χ1) is 14.0. The maximum Gasteiger partial charge on any atom is 0.279 e. The Hall–Kier alpha value is -2.86. The Labute approximate surface area is 172 Å². The van der Waals surface area contributed by atoms with Crippen LogP contribution in [-0.4, -0.2) is 45.0 Å². The monoisotopic (exact) mass is 395 g/mol. The number of nitrogens with one attached hydrogen (secondary N) is 3. The molecular weight excluding hydrogens is 364 g/mol. The van der Waals surface area contributed by atoms with E-state index in [1.54, 1.807) is 12.1 Å². The minimum absolute atomic E-state index is 0.0848. The third-order valence-electron chi connectivity index (χ3n) is 5.18. The third-order valence-corrected chi connectivity index (χ3v) is 5.18. The van der Waals surface area contributed by atoms with Crippen molar-refractivity contribution in [2.45, 2.75) is 32.4 Å². The number of anilines is 2. The fourth-order valence-electron chi connectivity index (χ4n) is 3.22. The fraction of sp³-hybridized carbons (Fsp3) is 0.391.